The van der Waals surface area contributed by atoms with Crippen molar-refractivity contribution in [3.05, 3.63) is 35.4 Å². The highest BCUT2D eigenvalue weighted by Gasteiger charge is 2.19. The summed E-state index contributed by atoms with van der Waals surface area (Å²) in [7, 11) is 0. The van der Waals surface area contributed by atoms with Gasteiger partial charge < -0.3 is 15.5 Å². The smallest absolute Gasteiger partial charge is 0.253 e. The summed E-state index contributed by atoms with van der Waals surface area (Å²) in [5.41, 5.74) is 1.15. The van der Waals surface area contributed by atoms with Gasteiger partial charge in [-0.3, -0.25) is 9.59 Å². The lowest BCUT2D eigenvalue weighted by Crippen LogP contribution is -2.42. The topological polar surface area (TPSA) is 61.4 Å². The maximum absolute atomic E-state index is 12.7. The number of nitrogens with zero attached hydrogens (tertiary/aromatic N) is 1. The summed E-state index contributed by atoms with van der Waals surface area (Å²) in [4.78, 5) is 27.0. The fourth-order valence-electron chi connectivity index (χ4n) is 3.07. The molecule has 0 aliphatic carbocycles. The molecule has 0 unspecified atom stereocenters. The van der Waals surface area contributed by atoms with E-state index in [0.29, 0.717) is 11.1 Å². The molecule has 2 amide bonds. The molecule has 0 atom stereocenters. The zero-order valence-corrected chi connectivity index (χ0v) is 16.0. The van der Waals surface area contributed by atoms with Gasteiger partial charge >= 0.3 is 0 Å². The second-order valence-corrected chi connectivity index (χ2v) is 6.37. The highest BCUT2D eigenvalue weighted by atomic mass is 35.5. The Morgan fingerprint density at radius 3 is 2.32 bits per heavy atom. The fourth-order valence-corrected chi connectivity index (χ4v) is 3.07. The van der Waals surface area contributed by atoms with Crippen LogP contribution >= 0.6 is 12.4 Å². The van der Waals surface area contributed by atoms with Crippen LogP contribution in [0.4, 0.5) is 0 Å². The van der Waals surface area contributed by atoms with E-state index in [9.17, 15) is 9.59 Å². The third-order valence-electron chi connectivity index (χ3n) is 4.32. The minimum atomic E-state index is -0.0888. The van der Waals surface area contributed by atoms with Crippen LogP contribution in [0, 0.1) is 0 Å². The standard InChI is InChI=1S/C19H29N3O2.ClH/c1-3-12-22(13-4-2)19(24)16-7-5-6-15(14-16)18(23)21-17-8-10-20-11-9-17;/h5-7,14,17,20H,3-4,8-13H2,1-2H3,(H,21,23);1H. The van der Waals surface area contributed by atoms with Crippen molar-refractivity contribution in [1.82, 2.24) is 15.5 Å². The van der Waals surface area contributed by atoms with Gasteiger partial charge in [0, 0.05) is 30.3 Å². The zero-order chi connectivity index (χ0) is 17.4. The van der Waals surface area contributed by atoms with E-state index in [1.54, 1.807) is 24.3 Å². The van der Waals surface area contributed by atoms with Crippen LogP contribution < -0.4 is 10.6 Å². The van der Waals surface area contributed by atoms with Gasteiger partial charge in [0.15, 0.2) is 0 Å². The van der Waals surface area contributed by atoms with Gasteiger partial charge in [0.05, 0.1) is 0 Å². The predicted octanol–water partition coefficient (Wildman–Crippen LogP) is 2.85. The van der Waals surface area contributed by atoms with Crippen molar-refractivity contribution in [2.45, 2.75) is 45.6 Å². The normalized spacial score (nSPS) is 14.5. The molecule has 1 fully saturated rings. The van der Waals surface area contributed by atoms with E-state index in [2.05, 4.69) is 24.5 Å². The second-order valence-electron chi connectivity index (χ2n) is 6.37. The first-order valence-electron chi connectivity index (χ1n) is 9.06. The monoisotopic (exact) mass is 367 g/mol. The number of halogens is 1. The van der Waals surface area contributed by atoms with E-state index in [0.717, 1.165) is 51.9 Å². The highest BCUT2D eigenvalue weighted by Crippen LogP contribution is 2.11. The van der Waals surface area contributed by atoms with Gasteiger partial charge in [0.2, 0.25) is 0 Å². The highest BCUT2D eigenvalue weighted by molar-refractivity contribution is 5.99. The number of carbonyl (C=O) groups is 2. The molecule has 140 valence electrons. The summed E-state index contributed by atoms with van der Waals surface area (Å²) in [5.74, 6) is -0.0794. The minimum absolute atomic E-state index is 0. The van der Waals surface area contributed by atoms with Gasteiger partial charge in [0.25, 0.3) is 11.8 Å². The van der Waals surface area contributed by atoms with Crippen molar-refractivity contribution < 1.29 is 9.59 Å². The number of hydrogen-bond acceptors (Lipinski definition) is 3. The maximum Gasteiger partial charge on any atom is 0.253 e. The molecular formula is C19H30ClN3O2. The Labute approximate surface area is 157 Å². The number of benzene rings is 1. The number of nitrogens with one attached hydrogen (secondary N) is 2. The van der Waals surface area contributed by atoms with E-state index in [-0.39, 0.29) is 30.3 Å². The first-order chi connectivity index (χ1) is 11.7. The molecular weight excluding hydrogens is 338 g/mol. The molecule has 1 saturated heterocycles. The predicted molar refractivity (Wildman–Crippen MR) is 104 cm³/mol. The van der Waals surface area contributed by atoms with Crippen LogP contribution in [0.1, 0.15) is 60.2 Å². The summed E-state index contributed by atoms with van der Waals surface area (Å²) in [6.45, 7) is 7.51. The molecule has 2 rings (SSSR count). The van der Waals surface area contributed by atoms with E-state index < -0.39 is 0 Å². The summed E-state index contributed by atoms with van der Waals surface area (Å²) < 4.78 is 0. The van der Waals surface area contributed by atoms with Crippen molar-refractivity contribution in [3.63, 3.8) is 0 Å². The van der Waals surface area contributed by atoms with Crippen LogP contribution in [0.15, 0.2) is 24.3 Å². The van der Waals surface area contributed by atoms with Crippen molar-refractivity contribution in [3.8, 4) is 0 Å². The quantitative estimate of drug-likeness (QED) is 0.779. The Morgan fingerprint density at radius 2 is 1.72 bits per heavy atom. The third-order valence-corrected chi connectivity index (χ3v) is 4.32. The molecule has 6 heteroatoms. The molecule has 1 heterocycles. The third kappa shape index (κ3) is 6.33. The molecule has 1 aliphatic rings. The lowest BCUT2D eigenvalue weighted by molar-refractivity contribution is 0.0755. The van der Waals surface area contributed by atoms with E-state index in [1.807, 2.05) is 4.90 Å². The largest absolute Gasteiger partial charge is 0.349 e. The van der Waals surface area contributed by atoms with Gasteiger partial charge in [-0.25, -0.2) is 0 Å². The van der Waals surface area contributed by atoms with Crippen molar-refractivity contribution >= 4 is 24.2 Å². The fraction of sp³-hybridized carbons (Fsp3) is 0.579. The van der Waals surface area contributed by atoms with Crippen LogP contribution in [0.3, 0.4) is 0 Å². The average Bonchev–Trinajstić information content (AvgIpc) is 2.62. The molecule has 2 N–H and O–H groups in total. The molecule has 5 nitrogen and oxygen atoms in total. The second kappa shape index (κ2) is 11.1. The molecule has 0 bridgehead atoms. The minimum Gasteiger partial charge on any atom is -0.349 e. The first kappa shape index (κ1) is 21.5. The number of amides is 2. The van der Waals surface area contributed by atoms with E-state index in [4.69, 9.17) is 0 Å². The number of piperidine rings is 1. The van der Waals surface area contributed by atoms with Gasteiger partial charge in [-0.15, -0.1) is 12.4 Å². The molecule has 0 aromatic heterocycles. The van der Waals surface area contributed by atoms with Crippen LogP contribution in [-0.2, 0) is 0 Å². The molecule has 1 aromatic rings. The summed E-state index contributed by atoms with van der Waals surface area (Å²) in [6.07, 6.45) is 3.76. The molecule has 25 heavy (non-hydrogen) atoms. The lowest BCUT2D eigenvalue weighted by Gasteiger charge is -2.24. The van der Waals surface area contributed by atoms with Crippen LogP contribution in [0.5, 0.6) is 0 Å². The molecule has 0 spiro atoms. The number of carbonyl (C=O) groups excluding carboxylic acids is 2. The Bertz CT molecular complexity index is 553. The van der Waals surface area contributed by atoms with Gasteiger partial charge in [-0.1, -0.05) is 19.9 Å². The number of hydrogen-bond donors (Lipinski definition) is 2. The van der Waals surface area contributed by atoms with Gasteiger partial charge in [0.1, 0.15) is 0 Å². The van der Waals surface area contributed by atoms with Crippen molar-refractivity contribution in [1.29, 1.82) is 0 Å². The summed E-state index contributed by atoms with van der Waals surface area (Å²) in [6, 6.07) is 7.30. The Morgan fingerprint density at radius 1 is 1.12 bits per heavy atom. The molecule has 0 radical (unpaired) electrons. The first-order valence-corrected chi connectivity index (χ1v) is 9.06. The molecule has 1 aromatic carbocycles. The maximum atomic E-state index is 12.7. The van der Waals surface area contributed by atoms with Crippen LogP contribution in [0.25, 0.3) is 0 Å². The summed E-state index contributed by atoms with van der Waals surface area (Å²) >= 11 is 0. The van der Waals surface area contributed by atoms with Crippen LogP contribution in [0.2, 0.25) is 0 Å². The zero-order valence-electron chi connectivity index (χ0n) is 15.2. The van der Waals surface area contributed by atoms with Gasteiger partial charge in [-0.05, 0) is 57.0 Å². The summed E-state index contributed by atoms with van der Waals surface area (Å²) in [5, 5.41) is 6.36. The molecule has 0 saturated carbocycles. The Balaban J connectivity index is 0.00000312. The Kier molecular flexibility index (Phi) is 9.53. The molecule has 1 aliphatic heterocycles. The number of rotatable bonds is 7. The Hall–Kier alpha value is -1.59. The van der Waals surface area contributed by atoms with Gasteiger partial charge in [-0.2, -0.15) is 0 Å². The average molecular weight is 368 g/mol. The van der Waals surface area contributed by atoms with E-state index >= 15 is 0 Å². The van der Waals surface area contributed by atoms with Crippen LogP contribution in [-0.4, -0.2) is 48.9 Å². The SMILES string of the molecule is CCCN(CCC)C(=O)c1cccc(C(=O)NC2CCNCC2)c1.Cl. The van der Waals surface area contributed by atoms with E-state index in [1.165, 1.54) is 0 Å². The lowest BCUT2D eigenvalue weighted by atomic mass is 10.0. The van der Waals surface area contributed by atoms with Crippen molar-refractivity contribution in [2.24, 2.45) is 0 Å². The van der Waals surface area contributed by atoms with Crippen molar-refractivity contribution in [2.75, 3.05) is 26.2 Å².